The van der Waals surface area contributed by atoms with Gasteiger partial charge in [-0.25, -0.2) is 4.79 Å². The van der Waals surface area contributed by atoms with E-state index in [1.807, 2.05) is 30.3 Å². The summed E-state index contributed by atoms with van der Waals surface area (Å²) >= 11 is 0. The molecule has 0 spiro atoms. The van der Waals surface area contributed by atoms with Crippen molar-refractivity contribution in [2.24, 2.45) is 0 Å². The summed E-state index contributed by atoms with van der Waals surface area (Å²) in [4.78, 5) is 36.0. The molecule has 0 saturated heterocycles. The van der Waals surface area contributed by atoms with E-state index in [2.05, 4.69) is 10.6 Å². The number of amides is 2. The van der Waals surface area contributed by atoms with Gasteiger partial charge in [0.25, 0.3) is 11.8 Å². The van der Waals surface area contributed by atoms with E-state index >= 15 is 0 Å². The summed E-state index contributed by atoms with van der Waals surface area (Å²) in [7, 11) is 0. The van der Waals surface area contributed by atoms with Gasteiger partial charge in [-0.15, -0.1) is 0 Å². The zero-order chi connectivity index (χ0) is 22.8. The largest absolute Gasteiger partial charge is 0.484 e. The van der Waals surface area contributed by atoms with Crippen LogP contribution in [0, 0.1) is 0 Å². The lowest BCUT2D eigenvalue weighted by molar-refractivity contribution is -0.118. The highest BCUT2D eigenvalue weighted by atomic mass is 16.5. The molecule has 2 amide bonds. The minimum Gasteiger partial charge on any atom is -0.484 e. The van der Waals surface area contributed by atoms with E-state index in [4.69, 9.17) is 9.47 Å². The number of carbonyl (C=O) groups excluding carboxylic acids is 3. The van der Waals surface area contributed by atoms with E-state index in [1.165, 1.54) is 0 Å². The van der Waals surface area contributed by atoms with Crippen LogP contribution in [-0.4, -0.2) is 31.0 Å². The first-order chi connectivity index (χ1) is 15.5. The van der Waals surface area contributed by atoms with Crippen LogP contribution in [0.3, 0.4) is 0 Å². The molecule has 7 nitrogen and oxygen atoms in total. The second kappa shape index (κ2) is 11.3. The average molecular weight is 432 g/mol. The second-order valence-corrected chi connectivity index (χ2v) is 6.83. The smallest absolute Gasteiger partial charge is 0.338 e. The molecule has 0 unspecified atom stereocenters. The maximum atomic E-state index is 12.3. The Morgan fingerprint density at radius 2 is 1.47 bits per heavy atom. The lowest BCUT2D eigenvalue weighted by Gasteiger charge is -2.09. The molecule has 3 aromatic carbocycles. The fraction of sp³-hybridized carbons (Fsp3) is 0.160. The molecular weight excluding hydrogens is 408 g/mol. The minimum absolute atomic E-state index is 0.190. The summed E-state index contributed by atoms with van der Waals surface area (Å²) in [6.07, 6.45) is 0. The van der Waals surface area contributed by atoms with Gasteiger partial charge in [0.15, 0.2) is 6.61 Å². The molecule has 164 valence electrons. The van der Waals surface area contributed by atoms with Gasteiger partial charge in [-0.3, -0.25) is 9.59 Å². The quantitative estimate of drug-likeness (QED) is 0.502. The molecule has 0 heterocycles. The number of nitrogens with one attached hydrogen (secondary N) is 2. The van der Waals surface area contributed by atoms with Crippen molar-refractivity contribution < 1.29 is 23.9 Å². The predicted octanol–water partition coefficient (Wildman–Crippen LogP) is 3.81. The summed E-state index contributed by atoms with van der Waals surface area (Å²) in [6, 6.07) is 22.6. The molecule has 0 bridgehead atoms. The molecule has 0 saturated carbocycles. The van der Waals surface area contributed by atoms with Crippen LogP contribution in [0.25, 0.3) is 0 Å². The Hall–Kier alpha value is -4.13. The van der Waals surface area contributed by atoms with Gasteiger partial charge in [0, 0.05) is 17.8 Å². The van der Waals surface area contributed by atoms with Gasteiger partial charge in [-0.05, 0) is 61.0 Å². The number of benzene rings is 3. The molecule has 0 aromatic heterocycles. The Morgan fingerprint density at radius 1 is 0.812 bits per heavy atom. The third-order valence-electron chi connectivity index (χ3n) is 4.46. The monoisotopic (exact) mass is 432 g/mol. The van der Waals surface area contributed by atoms with Crippen molar-refractivity contribution in [3.63, 3.8) is 0 Å². The molecule has 0 aliphatic heterocycles. The van der Waals surface area contributed by atoms with Gasteiger partial charge < -0.3 is 20.1 Å². The average Bonchev–Trinajstić information content (AvgIpc) is 2.83. The van der Waals surface area contributed by atoms with Crippen molar-refractivity contribution >= 4 is 23.5 Å². The number of hydrogen-bond donors (Lipinski definition) is 2. The predicted molar refractivity (Wildman–Crippen MR) is 121 cm³/mol. The third-order valence-corrected chi connectivity index (χ3v) is 4.46. The first-order valence-corrected chi connectivity index (χ1v) is 10.2. The van der Waals surface area contributed by atoms with Crippen molar-refractivity contribution in [3.8, 4) is 5.75 Å². The Labute approximate surface area is 186 Å². The van der Waals surface area contributed by atoms with E-state index in [0.717, 1.165) is 5.56 Å². The van der Waals surface area contributed by atoms with Gasteiger partial charge in [0.1, 0.15) is 5.75 Å². The zero-order valence-electron chi connectivity index (χ0n) is 17.7. The maximum Gasteiger partial charge on any atom is 0.338 e. The van der Waals surface area contributed by atoms with Crippen molar-refractivity contribution in [1.82, 2.24) is 5.32 Å². The Morgan fingerprint density at radius 3 is 2.12 bits per heavy atom. The summed E-state index contributed by atoms with van der Waals surface area (Å²) in [6.45, 7) is 2.28. The van der Waals surface area contributed by atoms with Crippen LogP contribution in [-0.2, 0) is 16.1 Å². The number of hydrogen-bond acceptors (Lipinski definition) is 5. The Kier molecular flexibility index (Phi) is 7.97. The molecular formula is C25H24N2O5. The van der Waals surface area contributed by atoms with Crippen molar-refractivity contribution in [1.29, 1.82) is 0 Å². The summed E-state index contributed by atoms with van der Waals surface area (Å²) in [5.41, 5.74) is 2.47. The highest BCUT2D eigenvalue weighted by Crippen LogP contribution is 2.14. The molecule has 3 rings (SSSR count). The molecule has 3 aromatic rings. The topological polar surface area (TPSA) is 93.7 Å². The Balaban J connectivity index is 1.44. The van der Waals surface area contributed by atoms with Gasteiger partial charge in [0.2, 0.25) is 0 Å². The third kappa shape index (κ3) is 6.70. The van der Waals surface area contributed by atoms with Gasteiger partial charge in [-0.2, -0.15) is 0 Å². The number of rotatable bonds is 9. The SMILES string of the molecule is CCOC(=O)c1ccc(NC(=O)COc2ccc(C(=O)NCc3ccccc3)cc2)cc1. The summed E-state index contributed by atoms with van der Waals surface area (Å²) in [5, 5.41) is 5.55. The summed E-state index contributed by atoms with van der Waals surface area (Å²) < 4.78 is 10.4. The van der Waals surface area contributed by atoms with Crippen molar-refractivity contribution in [2.45, 2.75) is 13.5 Å². The van der Waals surface area contributed by atoms with Crippen molar-refractivity contribution in [3.05, 3.63) is 95.6 Å². The van der Waals surface area contributed by atoms with Crippen LogP contribution in [0.2, 0.25) is 0 Å². The maximum absolute atomic E-state index is 12.3. The van der Waals surface area contributed by atoms with Crippen LogP contribution in [0.5, 0.6) is 5.75 Å². The summed E-state index contributed by atoms with van der Waals surface area (Å²) in [5.74, 6) is -0.480. The van der Waals surface area contributed by atoms with E-state index in [-0.39, 0.29) is 18.4 Å². The number of anilines is 1. The van der Waals surface area contributed by atoms with Crippen LogP contribution in [0.4, 0.5) is 5.69 Å². The fourth-order valence-corrected chi connectivity index (χ4v) is 2.83. The number of carbonyl (C=O) groups is 3. The zero-order valence-corrected chi connectivity index (χ0v) is 17.7. The highest BCUT2D eigenvalue weighted by molar-refractivity contribution is 5.95. The molecule has 0 fully saturated rings. The minimum atomic E-state index is -0.411. The van der Waals surface area contributed by atoms with E-state index in [0.29, 0.717) is 35.7 Å². The van der Waals surface area contributed by atoms with E-state index in [9.17, 15) is 14.4 Å². The normalized spacial score (nSPS) is 10.2. The van der Waals surface area contributed by atoms with Crippen molar-refractivity contribution in [2.75, 3.05) is 18.5 Å². The van der Waals surface area contributed by atoms with Crippen LogP contribution < -0.4 is 15.4 Å². The molecule has 32 heavy (non-hydrogen) atoms. The molecule has 0 aliphatic rings. The standard InChI is InChI=1S/C25H24N2O5/c1-2-31-25(30)20-8-12-21(13-9-20)27-23(28)17-32-22-14-10-19(11-15-22)24(29)26-16-18-6-4-3-5-7-18/h3-15H,2,16-17H2,1H3,(H,26,29)(H,27,28). The second-order valence-electron chi connectivity index (χ2n) is 6.83. The van der Waals surface area contributed by atoms with Crippen LogP contribution in [0.15, 0.2) is 78.9 Å². The Bertz CT molecular complexity index is 1050. The first-order valence-electron chi connectivity index (χ1n) is 10.2. The molecule has 0 aliphatic carbocycles. The van der Waals surface area contributed by atoms with Gasteiger partial charge in [-0.1, -0.05) is 30.3 Å². The number of esters is 1. The van der Waals surface area contributed by atoms with Gasteiger partial charge in [0.05, 0.1) is 12.2 Å². The molecule has 0 atom stereocenters. The lowest BCUT2D eigenvalue weighted by Crippen LogP contribution is -2.22. The highest BCUT2D eigenvalue weighted by Gasteiger charge is 2.09. The molecule has 7 heteroatoms. The first kappa shape index (κ1) is 22.6. The van der Waals surface area contributed by atoms with E-state index < -0.39 is 5.97 Å². The van der Waals surface area contributed by atoms with Crippen LogP contribution >= 0.6 is 0 Å². The van der Waals surface area contributed by atoms with Gasteiger partial charge >= 0.3 is 5.97 Å². The molecule has 2 N–H and O–H groups in total. The molecule has 0 radical (unpaired) electrons. The van der Waals surface area contributed by atoms with E-state index in [1.54, 1.807) is 55.5 Å². The fourth-order valence-electron chi connectivity index (χ4n) is 2.83. The number of ether oxygens (including phenoxy) is 2. The van der Waals surface area contributed by atoms with Crippen LogP contribution in [0.1, 0.15) is 33.2 Å². The lowest BCUT2D eigenvalue weighted by atomic mass is 10.2.